The Bertz CT molecular complexity index is 1370. The zero-order chi connectivity index (χ0) is 46.3. The molecule has 0 fully saturated rings. The smallest absolute Gasteiger partial charge is 0.306 e. The van der Waals surface area contributed by atoms with E-state index >= 15 is 0 Å². The van der Waals surface area contributed by atoms with Crippen LogP contribution in [-0.2, 0) is 23.8 Å². The van der Waals surface area contributed by atoms with Gasteiger partial charge in [0.25, 0.3) is 0 Å². The Morgan fingerprint density at radius 1 is 0.344 bits per heavy atom. The lowest BCUT2D eigenvalue weighted by Crippen LogP contribution is -2.30. The van der Waals surface area contributed by atoms with Crippen LogP contribution >= 0.6 is 0 Å². The summed E-state index contributed by atoms with van der Waals surface area (Å²) in [6.45, 7) is 7.23. The predicted molar refractivity (Wildman–Crippen MR) is 278 cm³/mol. The lowest BCUT2D eigenvalue weighted by Gasteiger charge is -2.18. The average molecular weight is 883 g/mol. The molecule has 0 aromatic heterocycles. The lowest BCUT2D eigenvalue weighted by atomic mass is 10.1. The fourth-order valence-corrected chi connectivity index (χ4v) is 6.48. The predicted octanol–water partition coefficient (Wildman–Crippen LogP) is 17.6. The molecule has 0 saturated carbocycles. The van der Waals surface area contributed by atoms with Crippen molar-refractivity contribution < 1.29 is 23.8 Å². The first-order valence-corrected chi connectivity index (χ1v) is 25.7. The molecule has 64 heavy (non-hydrogen) atoms. The Morgan fingerprint density at radius 3 is 1.05 bits per heavy atom. The van der Waals surface area contributed by atoms with Gasteiger partial charge in [0, 0.05) is 12.8 Å². The van der Waals surface area contributed by atoms with Crippen molar-refractivity contribution >= 4 is 11.9 Å². The van der Waals surface area contributed by atoms with Crippen molar-refractivity contribution in [3.8, 4) is 0 Å². The highest BCUT2D eigenvalue weighted by molar-refractivity contribution is 5.70. The minimum atomic E-state index is -0.599. The molecule has 0 bridgehead atoms. The maximum Gasteiger partial charge on any atom is 0.306 e. The monoisotopic (exact) mass is 883 g/mol. The average Bonchev–Trinajstić information content (AvgIpc) is 3.30. The van der Waals surface area contributed by atoms with Crippen LogP contribution in [0, 0.1) is 0 Å². The van der Waals surface area contributed by atoms with Crippen molar-refractivity contribution in [2.45, 2.75) is 207 Å². The zero-order valence-electron chi connectivity index (χ0n) is 41.2. The van der Waals surface area contributed by atoms with Crippen molar-refractivity contribution in [3.63, 3.8) is 0 Å². The van der Waals surface area contributed by atoms with Gasteiger partial charge in [-0.3, -0.25) is 9.59 Å². The van der Waals surface area contributed by atoms with Gasteiger partial charge in [0.2, 0.25) is 0 Å². The van der Waals surface area contributed by atoms with Gasteiger partial charge in [-0.2, -0.15) is 0 Å². The Labute approximate surface area is 394 Å². The molecule has 0 spiro atoms. The number of ether oxygens (including phenoxy) is 3. The normalized spacial score (nSPS) is 13.4. The molecule has 0 N–H and O–H groups in total. The summed E-state index contributed by atoms with van der Waals surface area (Å²) in [7, 11) is 0. The van der Waals surface area contributed by atoms with Crippen LogP contribution in [0.5, 0.6) is 0 Å². The first-order valence-electron chi connectivity index (χ1n) is 25.7. The third-order valence-corrected chi connectivity index (χ3v) is 10.2. The molecule has 1 atom stereocenters. The summed E-state index contributed by atoms with van der Waals surface area (Å²) in [6, 6.07) is 0. The zero-order valence-corrected chi connectivity index (χ0v) is 41.2. The molecule has 0 aliphatic heterocycles. The molecule has 0 radical (unpaired) electrons. The molecular formula is C59H94O5. The number of carbonyl (C=O) groups is 2. The summed E-state index contributed by atoms with van der Waals surface area (Å²) in [4.78, 5) is 25.4. The van der Waals surface area contributed by atoms with Gasteiger partial charge in [0.1, 0.15) is 6.61 Å². The van der Waals surface area contributed by atoms with Gasteiger partial charge in [-0.1, -0.05) is 206 Å². The highest BCUT2D eigenvalue weighted by atomic mass is 16.6. The molecular weight excluding hydrogens is 789 g/mol. The summed E-state index contributed by atoms with van der Waals surface area (Å²) >= 11 is 0. The number of hydrogen-bond donors (Lipinski definition) is 0. The highest BCUT2D eigenvalue weighted by Crippen LogP contribution is 2.13. The topological polar surface area (TPSA) is 61.8 Å². The fraction of sp³-hybridized carbons (Fsp3) is 0.593. The molecule has 0 aliphatic rings. The van der Waals surface area contributed by atoms with E-state index in [0.29, 0.717) is 19.4 Å². The number of esters is 2. The lowest BCUT2D eigenvalue weighted by molar-refractivity contribution is -0.162. The SMILES string of the molecule is CC/C=C\C/C=C\C/C=C\C/C=C\C/C=C\CCOCC(COC(=O)CCCCCCCCC/C=C\C/C=C\C/C=C\CC)OC(=O)CCCCCCC/C=C\C/C=C\C/C=C\CC. The standard InChI is InChI=1S/C59H94O5/c1-4-7-10-13-16-19-22-25-28-30-32-34-37-40-43-46-49-52-58(60)63-56-57(55-62-54-51-48-45-42-39-36-33-29-26-23-20-17-14-11-8-5-2)64-59(61)53-50-47-44-41-38-35-31-27-24-21-18-15-12-9-6-3/h7-12,16-21,25-29,31,36,39,45,48,57H,4-6,13-15,22-24,30,32-35,37-38,40-44,46-47,49-56H2,1-3H3/b10-7-,11-8-,12-9-,19-16-,20-17-,21-18-,28-25-,29-26-,31-27-,39-36-,48-45-. The second-order valence-electron chi connectivity index (χ2n) is 16.3. The van der Waals surface area contributed by atoms with Gasteiger partial charge < -0.3 is 14.2 Å². The van der Waals surface area contributed by atoms with E-state index in [4.69, 9.17) is 14.2 Å². The molecule has 0 rings (SSSR count). The van der Waals surface area contributed by atoms with Gasteiger partial charge >= 0.3 is 11.9 Å². The molecule has 360 valence electrons. The van der Waals surface area contributed by atoms with Crippen LogP contribution in [-0.4, -0.2) is 37.9 Å². The Kier molecular flexibility index (Phi) is 50.1. The van der Waals surface area contributed by atoms with E-state index in [2.05, 4.69) is 154 Å². The number of rotatable bonds is 45. The summed E-state index contributed by atoms with van der Waals surface area (Å²) in [5.41, 5.74) is 0. The maximum absolute atomic E-state index is 12.8. The Balaban J connectivity index is 4.45. The molecule has 0 aliphatic carbocycles. The van der Waals surface area contributed by atoms with Crippen molar-refractivity contribution in [2.75, 3.05) is 19.8 Å². The van der Waals surface area contributed by atoms with Crippen LogP contribution < -0.4 is 0 Å². The van der Waals surface area contributed by atoms with Crippen LogP contribution in [0.15, 0.2) is 134 Å². The summed E-state index contributed by atoms with van der Waals surface area (Å²) in [5, 5.41) is 0. The van der Waals surface area contributed by atoms with Crippen LogP contribution in [0.25, 0.3) is 0 Å². The van der Waals surface area contributed by atoms with E-state index in [0.717, 1.165) is 135 Å². The molecule has 0 heterocycles. The second-order valence-corrected chi connectivity index (χ2v) is 16.3. The van der Waals surface area contributed by atoms with Crippen molar-refractivity contribution in [1.29, 1.82) is 0 Å². The first-order chi connectivity index (χ1) is 31.6. The van der Waals surface area contributed by atoms with Gasteiger partial charge in [-0.25, -0.2) is 0 Å². The number of hydrogen-bond acceptors (Lipinski definition) is 5. The quantitative estimate of drug-likeness (QED) is 0.0346. The molecule has 5 nitrogen and oxygen atoms in total. The van der Waals surface area contributed by atoms with E-state index in [9.17, 15) is 9.59 Å². The van der Waals surface area contributed by atoms with Crippen LogP contribution in [0.4, 0.5) is 0 Å². The Morgan fingerprint density at radius 2 is 0.656 bits per heavy atom. The van der Waals surface area contributed by atoms with Gasteiger partial charge in [0.15, 0.2) is 6.10 Å². The molecule has 0 aromatic rings. The van der Waals surface area contributed by atoms with Crippen molar-refractivity contribution in [3.05, 3.63) is 134 Å². The summed E-state index contributed by atoms with van der Waals surface area (Å²) < 4.78 is 17.3. The minimum Gasteiger partial charge on any atom is -0.462 e. The molecule has 0 amide bonds. The third kappa shape index (κ3) is 50.7. The van der Waals surface area contributed by atoms with E-state index in [1.165, 1.54) is 32.1 Å². The highest BCUT2D eigenvalue weighted by Gasteiger charge is 2.17. The van der Waals surface area contributed by atoms with Gasteiger partial charge in [0.05, 0.1) is 13.2 Å². The fourth-order valence-electron chi connectivity index (χ4n) is 6.48. The van der Waals surface area contributed by atoms with Crippen LogP contribution in [0.1, 0.15) is 201 Å². The molecule has 1 unspecified atom stereocenters. The van der Waals surface area contributed by atoms with Crippen LogP contribution in [0.2, 0.25) is 0 Å². The Hall–Kier alpha value is -3.96. The maximum atomic E-state index is 12.8. The van der Waals surface area contributed by atoms with E-state index < -0.39 is 6.10 Å². The second kappa shape index (κ2) is 53.4. The van der Waals surface area contributed by atoms with E-state index in [1.807, 2.05) is 0 Å². The van der Waals surface area contributed by atoms with Gasteiger partial charge in [-0.05, 0) is 116 Å². The van der Waals surface area contributed by atoms with Crippen molar-refractivity contribution in [2.24, 2.45) is 0 Å². The van der Waals surface area contributed by atoms with Gasteiger partial charge in [-0.15, -0.1) is 0 Å². The van der Waals surface area contributed by atoms with E-state index in [-0.39, 0.29) is 25.2 Å². The molecule has 5 heteroatoms. The third-order valence-electron chi connectivity index (χ3n) is 10.2. The molecule has 0 saturated heterocycles. The van der Waals surface area contributed by atoms with Crippen LogP contribution in [0.3, 0.4) is 0 Å². The largest absolute Gasteiger partial charge is 0.462 e. The number of carbonyl (C=O) groups excluding carboxylic acids is 2. The number of allylic oxidation sites excluding steroid dienone is 21. The van der Waals surface area contributed by atoms with Crippen molar-refractivity contribution in [1.82, 2.24) is 0 Å². The summed E-state index contributed by atoms with van der Waals surface area (Å²) in [5.74, 6) is -0.479. The number of unbranched alkanes of at least 4 members (excludes halogenated alkanes) is 12. The van der Waals surface area contributed by atoms with E-state index in [1.54, 1.807) is 0 Å². The first kappa shape index (κ1) is 60.0. The summed E-state index contributed by atoms with van der Waals surface area (Å²) in [6.07, 6.45) is 76.2. The molecule has 0 aromatic carbocycles. The minimum absolute atomic E-state index is 0.0342.